The zero-order chi connectivity index (χ0) is 15.6. The largest absolute Gasteiger partial charge is 0.383 e. The second kappa shape index (κ2) is 6.78. The highest BCUT2D eigenvalue weighted by atomic mass is 32.2. The molecule has 2 rings (SSSR count). The van der Waals surface area contributed by atoms with Gasteiger partial charge in [-0.25, -0.2) is 4.79 Å². The number of methoxy groups -OCH3 is 2. The predicted octanol–water partition coefficient (Wildman–Crippen LogP) is 0.424. The molecule has 118 valence electrons. The Labute approximate surface area is 127 Å². The minimum atomic E-state index is -0.573. The molecule has 1 saturated heterocycles. The summed E-state index contributed by atoms with van der Waals surface area (Å²) >= 11 is 1.65. The van der Waals surface area contributed by atoms with Crippen LogP contribution in [-0.4, -0.2) is 54.1 Å². The molecule has 0 bridgehead atoms. The summed E-state index contributed by atoms with van der Waals surface area (Å²) in [6, 6.07) is 0. The number of nitrogens with zero attached hydrogens (tertiary/aromatic N) is 2. The fourth-order valence-corrected chi connectivity index (χ4v) is 3.12. The van der Waals surface area contributed by atoms with E-state index in [4.69, 9.17) is 19.9 Å². The van der Waals surface area contributed by atoms with Crippen molar-refractivity contribution in [3.05, 3.63) is 22.2 Å². The number of anilines is 1. The van der Waals surface area contributed by atoms with Crippen molar-refractivity contribution in [1.82, 2.24) is 9.55 Å². The first-order valence-corrected chi connectivity index (χ1v) is 7.98. The Hall–Kier alpha value is -1.09. The number of thioether (sulfide) groups is 1. The van der Waals surface area contributed by atoms with Crippen molar-refractivity contribution in [1.29, 1.82) is 0 Å². The molecule has 0 saturated carbocycles. The van der Waals surface area contributed by atoms with Gasteiger partial charge in [-0.15, -0.1) is 0 Å². The van der Waals surface area contributed by atoms with Gasteiger partial charge in [-0.3, -0.25) is 4.57 Å². The van der Waals surface area contributed by atoms with E-state index >= 15 is 0 Å². The quantitative estimate of drug-likeness (QED) is 0.842. The van der Waals surface area contributed by atoms with Gasteiger partial charge in [-0.05, 0) is 13.2 Å². The van der Waals surface area contributed by atoms with Crippen LogP contribution in [0, 0.1) is 6.92 Å². The maximum absolute atomic E-state index is 12.1. The van der Waals surface area contributed by atoms with Crippen LogP contribution in [0.25, 0.3) is 0 Å². The molecule has 2 heterocycles. The van der Waals surface area contributed by atoms with Crippen LogP contribution in [0.1, 0.15) is 11.8 Å². The average molecular weight is 315 g/mol. The van der Waals surface area contributed by atoms with Gasteiger partial charge in [0.2, 0.25) is 0 Å². The van der Waals surface area contributed by atoms with Crippen molar-refractivity contribution < 1.29 is 14.2 Å². The Morgan fingerprint density at radius 2 is 2.10 bits per heavy atom. The number of nitrogen functional groups attached to an aromatic ring is 1. The summed E-state index contributed by atoms with van der Waals surface area (Å²) in [5, 5.41) is 0. The standard InChI is InChI=1S/C13H21N3O4S/c1-7-5-16(13(17)15-11(7)14)12-10(19-3)9(18-2)8(20-12)6-21-4/h5,8-10,12H,6H2,1-4H3,(H2,14,15,17)/t8-,9?,10?,12-/m1/s1. The first kappa shape index (κ1) is 16.3. The third-order valence-corrected chi connectivity index (χ3v) is 4.27. The van der Waals surface area contributed by atoms with Gasteiger partial charge in [0.1, 0.15) is 18.0 Å². The van der Waals surface area contributed by atoms with Crippen LogP contribution >= 0.6 is 11.8 Å². The smallest absolute Gasteiger partial charge is 0.351 e. The number of aromatic nitrogens is 2. The Bertz CT molecular complexity index is 551. The Balaban J connectivity index is 2.38. The highest BCUT2D eigenvalue weighted by Gasteiger charge is 2.46. The molecule has 0 amide bonds. The van der Waals surface area contributed by atoms with Crippen LogP contribution < -0.4 is 11.4 Å². The molecule has 1 aromatic heterocycles. The van der Waals surface area contributed by atoms with Crippen LogP contribution in [-0.2, 0) is 14.2 Å². The lowest BCUT2D eigenvalue weighted by atomic mass is 10.1. The zero-order valence-electron chi connectivity index (χ0n) is 12.6. The van der Waals surface area contributed by atoms with E-state index in [-0.39, 0.29) is 24.1 Å². The fraction of sp³-hybridized carbons (Fsp3) is 0.692. The average Bonchev–Trinajstić information content (AvgIpc) is 2.80. The predicted molar refractivity (Wildman–Crippen MR) is 81.5 cm³/mol. The molecule has 0 radical (unpaired) electrons. The molecule has 2 unspecified atom stereocenters. The van der Waals surface area contributed by atoms with Gasteiger partial charge >= 0.3 is 5.69 Å². The molecule has 4 atom stereocenters. The number of hydrogen-bond donors (Lipinski definition) is 1. The first-order chi connectivity index (χ1) is 10.0. The van der Waals surface area contributed by atoms with Crippen LogP contribution in [0.4, 0.5) is 5.82 Å². The third kappa shape index (κ3) is 3.08. The minimum Gasteiger partial charge on any atom is -0.383 e. The van der Waals surface area contributed by atoms with E-state index in [1.807, 2.05) is 6.26 Å². The second-order valence-electron chi connectivity index (χ2n) is 4.92. The summed E-state index contributed by atoms with van der Waals surface area (Å²) < 4.78 is 18.4. The monoisotopic (exact) mass is 315 g/mol. The lowest BCUT2D eigenvalue weighted by molar-refractivity contribution is -0.0543. The van der Waals surface area contributed by atoms with Gasteiger partial charge in [-0.2, -0.15) is 16.7 Å². The van der Waals surface area contributed by atoms with Crippen LogP contribution in [0.2, 0.25) is 0 Å². The molecule has 0 aromatic carbocycles. The second-order valence-corrected chi connectivity index (χ2v) is 5.83. The normalized spacial score (nSPS) is 29.0. The van der Waals surface area contributed by atoms with Crippen molar-refractivity contribution in [2.24, 2.45) is 0 Å². The topological polar surface area (TPSA) is 88.6 Å². The van der Waals surface area contributed by atoms with Crippen LogP contribution in [0.5, 0.6) is 0 Å². The van der Waals surface area contributed by atoms with E-state index in [2.05, 4.69) is 4.98 Å². The number of nitrogens with two attached hydrogens (primary N) is 1. The lowest BCUT2D eigenvalue weighted by Crippen LogP contribution is -2.38. The molecule has 1 aliphatic rings. The fourth-order valence-electron chi connectivity index (χ4n) is 2.53. The van der Waals surface area contributed by atoms with E-state index in [1.54, 1.807) is 39.1 Å². The molecule has 8 heteroatoms. The van der Waals surface area contributed by atoms with Crippen molar-refractivity contribution in [3.8, 4) is 0 Å². The van der Waals surface area contributed by atoms with Gasteiger partial charge in [0.05, 0.1) is 6.10 Å². The molecular formula is C13H21N3O4S. The molecular weight excluding hydrogens is 294 g/mol. The summed E-state index contributed by atoms with van der Waals surface area (Å²) in [6.45, 7) is 1.79. The molecule has 1 fully saturated rings. The van der Waals surface area contributed by atoms with Crippen molar-refractivity contribution in [2.75, 3.05) is 32.0 Å². The van der Waals surface area contributed by atoms with Gasteiger partial charge in [-0.1, -0.05) is 0 Å². The number of ether oxygens (including phenoxy) is 3. The third-order valence-electron chi connectivity index (χ3n) is 3.61. The summed E-state index contributed by atoms with van der Waals surface area (Å²) in [4.78, 5) is 15.9. The molecule has 1 aliphatic heterocycles. The Kier molecular flexibility index (Phi) is 5.26. The SMILES string of the molecule is COC1C(OC)[C@@H](CSC)O[C@H]1n1cc(C)c(N)nc1=O. The maximum atomic E-state index is 12.1. The summed E-state index contributed by atoms with van der Waals surface area (Å²) in [7, 11) is 3.20. The molecule has 7 nitrogen and oxygen atoms in total. The van der Waals surface area contributed by atoms with Gasteiger partial charge < -0.3 is 19.9 Å². The lowest BCUT2D eigenvalue weighted by Gasteiger charge is -2.22. The van der Waals surface area contributed by atoms with Crippen LogP contribution in [0.3, 0.4) is 0 Å². The van der Waals surface area contributed by atoms with E-state index in [0.29, 0.717) is 0 Å². The van der Waals surface area contributed by atoms with Gasteiger partial charge in [0.25, 0.3) is 0 Å². The van der Waals surface area contributed by atoms with Crippen LogP contribution in [0.15, 0.2) is 11.0 Å². The van der Waals surface area contributed by atoms with Crippen molar-refractivity contribution in [2.45, 2.75) is 31.5 Å². The zero-order valence-corrected chi connectivity index (χ0v) is 13.4. The molecule has 2 N–H and O–H groups in total. The highest BCUT2D eigenvalue weighted by molar-refractivity contribution is 7.98. The molecule has 0 aliphatic carbocycles. The van der Waals surface area contributed by atoms with Gasteiger partial charge in [0, 0.05) is 31.7 Å². The Morgan fingerprint density at radius 1 is 1.43 bits per heavy atom. The minimum absolute atomic E-state index is 0.148. The number of rotatable bonds is 5. The molecule has 21 heavy (non-hydrogen) atoms. The van der Waals surface area contributed by atoms with E-state index in [0.717, 1.165) is 11.3 Å². The Morgan fingerprint density at radius 3 is 2.67 bits per heavy atom. The van der Waals surface area contributed by atoms with E-state index in [9.17, 15) is 4.79 Å². The summed E-state index contributed by atoms with van der Waals surface area (Å²) in [5.41, 5.74) is 5.92. The van der Waals surface area contributed by atoms with Crippen molar-refractivity contribution in [3.63, 3.8) is 0 Å². The van der Waals surface area contributed by atoms with E-state index < -0.39 is 11.9 Å². The number of hydrogen-bond acceptors (Lipinski definition) is 7. The van der Waals surface area contributed by atoms with Crippen molar-refractivity contribution >= 4 is 17.6 Å². The summed E-state index contributed by atoms with van der Waals surface area (Å²) in [5.74, 6) is 0.984. The highest BCUT2D eigenvalue weighted by Crippen LogP contribution is 2.33. The van der Waals surface area contributed by atoms with E-state index in [1.165, 1.54) is 4.57 Å². The number of aryl methyl sites for hydroxylation is 1. The molecule has 1 aromatic rings. The summed E-state index contributed by atoms with van der Waals surface area (Å²) in [6.07, 6.45) is 2.30. The maximum Gasteiger partial charge on any atom is 0.351 e. The van der Waals surface area contributed by atoms with Gasteiger partial charge in [0.15, 0.2) is 6.23 Å². The first-order valence-electron chi connectivity index (χ1n) is 6.58. The molecule has 0 spiro atoms.